The maximum atomic E-state index is 9.87. The van der Waals surface area contributed by atoms with Crippen molar-refractivity contribution in [2.75, 3.05) is 0 Å². The molecule has 0 atom stereocenters. The summed E-state index contributed by atoms with van der Waals surface area (Å²) in [5.41, 5.74) is 1.20. The molecule has 0 amide bonds. The molecule has 0 unspecified atom stereocenters. The SMILES string of the molecule is O/C(=C(\O)c1ccccc1)c1ccccc1.[CH]1[CH][CH][CH][CH]1.[CH]1[CH][CH][CH][CH]1.[Ti+2]. The maximum absolute atomic E-state index is 9.87. The molecule has 10 radical (unpaired) electrons. The molecule has 0 heterocycles. The summed E-state index contributed by atoms with van der Waals surface area (Å²) >= 11 is 0. The number of rotatable bonds is 2. The van der Waals surface area contributed by atoms with E-state index in [1.165, 1.54) is 0 Å². The summed E-state index contributed by atoms with van der Waals surface area (Å²) in [7, 11) is 0. The predicted octanol–water partition coefficient (Wildman–Crippen LogP) is 5.67. The van der Waals surface area contributed by atoms with Gasteiger partial charge in [0.15, 0.2) is 11.5 Å². The summed E-state index contributed by atoms with van der Waals surface area (Å²) in [6.07, 6.45) is 20.0. The number of benzene rings is 2. The van der Waals surface area contributed by atoms with Gasteiger partial charge in [-0.15, -0.1) is 0 Å². The van der Waals surface area contributed by atoms with Crippen LogP contribution in [0.4, 0.5) is 0 Å². The molecule has 27 heavy (non-hydrogen) atoms. The molecule has 2 aromatic rings. The standard InChI is InChI=1S/C14H12O2.2C5H5.Ti/c15-13(11-7-3-1-4-8-11)14(16)12-9-5-2-6-10-12;2*1-2-4-5-3-1;/h1-10,15-16H;2*1-5H;/q;;;+2/b14-13-;;;. The Morgan fingerprint density at radius 2 is 0.630 bits per heavy atom. The molecule has 0 bridgehead atoms. The summed E-state index contributed by atoms with van der Waals surface area (Å²) in [5, 5.41) is 19.7. The Labute approximate surface area is 179 Å². The van der Waals surface area contributed by atoms with Gasteiger partial charge in [-0.2, -0.15) is 0 Å². The van der Waals surface area contributed by atoms with Crippen LogP contribution >= 0.6 is 0 Å². The molecule has 132 valence electrons. The predicted molar refractivity (Wildman–Crippen MR) is 108 cm³/mol. The van der Waals surface area contributed by atoms with Gasteiger partial charge in [0.1, 0.15) is 0 Å². The van der Waals surface area contributed by atoms with Gasteiger partial charge in [0, 0.05) is 11.1 Å². The molecule has 2 aromatic carbocycles. The molecule has 2 aliphatic carbocycles. The van der Waals surface area contributed by atoms with Gasteiger partial charge in [-0.1, -0.05) is 60.7 Å². The van der Waals surface area contributed by atoms with E-state index in [0.29, 0.717) is 11.1 Å². The largest absolute Gasteiger partial charge is 2.00 e. The van der Waals surface area contributed by atoms with Crippen molar-refractivity contribution >= 4 is 11.5 Å². The summed E-state index contributed by atoms with van der Waals surface area (Å²) in [6.45, 7) is 0. The van der Waals surface area contributed by atoms with Crippen LogP contribution in [0, 0.1) is 64.2 Å². The summed E-state index contributed by atoms with van der Waals surface area (Å²) in [5.74, 6) is -0.210. The maximum Gasteiger partial charge on any atom is 2.00 e. The van der Waals surface area contributed by atoms with E-state index in [9.17, 15) is 10.2 Å². The monoisotopic (exact) mass is 390 g/mol. The summed E-state index contributed by atoms with van der Waals surface area (Å²) in [6, 6.07) is 17.9. The van der Waals surface area contributed by atoms with Crippen LogP contribution in [0.15, 0.2) is 60.7 Å². The van der Waals surface area contributed by atoms with E-state index in [0.717, 1.165) is 0 Å². The van der Waals surface area contributed by atoms with Crippen molar-refractivity contribution in [3.63, 3.8) is 0 Å². The number of hydrogen-bond donors (Lipinski definition) is 2. The van der Waals surface area contributed by atoms with Crippen LogP contribution in [0.25, 0.3) is 11.5 Å². The molecule has 0 aliphatic heterocycles. The van der Waals surface area contributed by atoms with E-state index in [2.05, 4.69) is 0 Å². The first kappa shape index (κ1) is 23.5. The first-order valence-corrected chi connectivity index (χ1v) is 8.35. The second-order valence-electron chi connectivity index (χ2n) is 5.35. The molecule has 2 fully saturated rings. The average molecular weight is 390 g/mol. The first-order chi connectivity index (χ1) is 12.8. The van der Waals surface area contributed by atoms with Crippen molar-refractivity contribution in [2.24, 2.45) is 0 Å². The molecule has 3 heteroatoms. The number of hydrogen-bond acceptors (Lipinski definition) is 2. The molecule has 0 spiro atoms. The van der Waals surface area contributed by atoms with Gasteiger partial charge in [-0.3, -0.25) is 0 Å². The first-order valence-electron chi connectivity index (χ1n) is 8.35. The minimum atomic E-state index is -0.105. The number of aliphatic hydroxyl groups excluding tert-OH is 2. The van der Waals surface area contributed by atoms with Gasteiger partial charge in [-0.05, 0) is 64.2 Å². The van der Waals surface area contributed by atoms with Crippen LogP contribution in [-0.4, -0.2) is 10.2 Å². The van der Waals surface area contributed by atoms with Gasteiger partial charge < -0.3 is 10.2 Å². The third-order valence-electron chi connectivity index (χ3n) is 3.43. The van der Waals surface area contributed by atoms with Gasteiger partial charge in [0.05, 0.1) is 0 Å². The molecule has 2 aliphatic rings. The van der Waals surface area contributed by atoms with E-state index < -0.39 is 0 Å². The van der Waals surface area contributed by atoms with E-state index >= 15 is 0 Å². The Balaban J connectivity index is 0.000000270. The Morgan fingerprint density at radius 1 is 0.407 bits per heavy atom. The van der Waals surface area contributed by atoms with Crippen molar-refractivity contribution < 1.29 is 31.9 Å². The van der Waals surface area contributed by atoms with Crippen LogP contribution in [0.2, 0.25) is 0 Å². The van der Waals surface area contributed by atoms with Gasteiger partial charge >= 0.3 is 21.7 Å². The summed E-state index contributed by atoms with van der Waals surface area (Å²) < 4.78 is 0. The molecular formula is C24H22O2Ti+2. The van der Waals surface area contributed by atoms with Crippen LogP contribution < -0.4 is 0 Å². The number of aliphatic hydroxyl groups is 2. The zero-order valence-corrected chi connectivity index (χ0v) is 16.5. The zero-order chi connectivity index (χ0) is 18.5. The molecule has 0 saturated heterocycles. The van der Waals surface area contributed by atoms with Crippen molar-refractivity contribution in [3.8, 4) is 0 Å². The minimum Gasteiger partial charge on any atom is -0.504 e. The Bertz CT molecular complexity index is 557. The van der Waals surface area contributed by atoms with Crippen LogP contribution in [0.1, 0.15) is 11.1 Å². The normalized spacial score (nSPS) is 16.0. The average Bonchev–Trinajstić information content (AvgIpc) is 3.47. The third kappa shape index (κ3) is 9.31. The molecule has 2 nitrogen and oxygen atoms in total. The quantitative estimate of drug-likeness (QED) is 0.394. The topological polar surface area (TPSA) is 40.5 Å². The smallest absolute Gasteiger partial charge is 0.504 e. The fourth-order valence-electron chi connectivity index (χ4n) is 2.11. The third-order valence-corrected chi connectivity index (χ3v) is 3.43. The van der Waals surface area contributed by atoms with E-state index in [1.54, 1.807) is 24.3 Å². The Kier molecular flexibility index (Phi) is 12.7. The fraction of sp³-hybridized carbons (Fsp3) is 0. The Morgan fingerprint density at radius 3 is 0.852 bits per heavy atom. The van der Waals surface area contributed by atoms with E-state index in [-0.39, 0.29) is 33.2 Å². The summed E-state index contributed by atoms with van der Waals surface area (Å²) in [4.78, 5) is 0. The van der Waals surface area contributed by atoms with Crippen LogP contribution in [0.3, 0.4) is 0 Å². The van der Waals surface area contributed by atoms with E-state index in [1.807, 2.05) is 101 Å². The molecule has 2 saturated carbocycles. The molecule has 4 rings (SSSR count). The molecule has 2 N–H and O–H groups in total. The van der Waals surface area contributed by atoms with Crippen LogP contribution in [0.5, 0.6) is 0 Å². The molecular weight excluding hydrogens is 368 g/mol. The van der Waals surface area contributed by atoms with Crippen molar-refractivity contribution in [3.05, 3.63) is 136 Å². The zero-order valence-electron chi connectivity index (χ0n) is 14.9. The van der Waals surface area contributed by atoms with Crippen molar-refractivity contribution in [2.45, 2.75) is 0 Å². The van der Waals surface area contributed by atoms with Gasteiger partial charge in [-0.25, -0.2) is 0 Å². The van der Waals surface area contributed by atoms with Gasteiger partial charge in [0.25, 0.3) is 0 Å². The van der Waals surface area contributed by atoms with Gasteiger partial charge in [0.2, 0.25) is 0 Å². The van der Waals surface area contributed by atoms with Crippen molar-refractivity contribution in [1.29, 1.82) is 0 Å². The Hall–Kier alpha value is -1.51. The molecule has 0 aromatic heterocycles. The second kappa shape index (κ2) is 14.5. The van der Waals surface area contributed by atoms with Crippen molar-refractivity contribution in [1.82, 2.24) is 0 Å². The van der Waals surface area contributed by atoms with Crippen LogP contribution in [-0.2, 0) is 21.7 Å². The minimum absolute atomic E-state index is 0. The second-order valence-corrected chi connectivity index (χ2v) is 5.35. The van der Waals surface area contributed by atoms with E-state index in [4.69, 9.17) is 0 Å². The fourth-order valence-corrected chi connectivity index (χ4v) is 2.11.